The second-order valence-corrected chi connectivity index (χ2v) is 6.55. The van der Waals surface area contributed by atoms with Crippen LogP contribution in [0.15, 0.2) is 79.1 Å². The van der Waals surface area contributed by atoms with Gasteiger partial charge in [0.05, 0.1) is 5.52 Å². The van der Waals surface area contributed by atoms with Crippen molar-refractivity contribution in [3.8, 4) is 11.5 Å². The van der Waals surface area contributed by atoms with Crippen LogP contribution in [-0.4, -0.2) is 22.5 Å². The molecule has 0 fully saturated rings. The Morgan fingerprint density at radius 2 is 1.76 bits per heavy atom. The van der Waals surface area contributed by atoms with Crippen molar-refractivity contribution in [3.63, 3.8) is 0 Å². The molecular formula is C22H16ClN3O3. The highest BCUT2D eigenvalue weighted by atomic mass is 35.5. The summed E-state index contributed by atoms with van der Waals surface area (Å²) >= 11 is 5.83. The number of nitrogens with zero attached hydrogens (tertiary/aromatic N) is 2. The monoisotopic (exact) mass is 405 g/mol. The number of ether oxygens (including phenoxy) is 2. The fourth-order valence-electron chi connectivity index (χ4n) is 2.71. The number of hydrogen-bond acceptors (Lipinski definition) is 6. The minimum absolute atomic E-state index is 0.212. The molecule has 144 valence electrons. The topological polar surface area (TPSA) is 73.3 Å². The van der Waals surface area contributed by atoms with Crippen molar-refractivity contribution in [2.45, 2.75) is 0 Å². The smallest absolute Gasteiger partial charge is 0.349 e. The van der Waals surface area contributed by atoms with E-state index in [0.29, 0.717) is 22.3 Å². The first-order chi connectivity index (χ1) is 14.2. The number of carbonyl (C=O) groups excluding carboxylic acids is 1. The number of esters is 1. The quantitative estimate of drug-likeness (QED) is 0.359. The maximum atomic E-state index is 12.1. The zero-order valence-corrected chi connectivity index (χ0v) is 16.0. The predicted octanol–water partition coefficient (Wildman–Crippen LogP) is 5.01. The van der Waals surface area contributed by atoms with Crippen LogP contribution in [0.25, 0.3) is 10.9 Å². The van der Waals surface area contributed by atoms with E-state index in [1.807, 2.05) is 30.3 Å². The number of nitrogens with one attached hydrogen (secondary N) is 1. The average Bonchev–Trinajstić information content (AvgIpc) is 2.74. The standard InChI is InChI=1S/C22H16ClN3O3/c23-15-8-10-17(11-9-15)28-13-21(27)29-18-5-3-4-16(12-18)26-22-19-6-1-2-7-20(19)24-14-25-22/h1-12,14H,13H2,(H,24,25,26). The summed E-state index contributed by atoms with van der Waals surface area (Å²) in [5.74, 6) is 1.10. The molecule has 4 aromatic rings. The minimum atomic E-state index is -0.510. The molecule has 1 N–H and O–H groups in total. The number of aromatic nitrogens is 2. The van der Waals surface area contributed by atoms with Gasteiger partial charge in [-0.05, 0) is 48.5 Å². The van der Waals surface area contributed by atoms with E-state index in [1.165, 1.54) is 6.33 Å². The molecule has 0 aliphatic heterocycles. The second kappa shape index (κ2) is 8.58. The molecular weight excluding hydrogens is 390 g/mol. The molecule has 0 amide bonds. The molecule has 1 aromatic heterocycles. The van der Waals surface area contributed by atoms with Crippen LogP contribution in [0.1, 0.15) is 0 Å². The van der Waals surface area contributed by atoms with Crippen LogP contribution in [0, 0.1) is 0 Å². The molecule has 0 saturated carbocycles. The number of rotatable bonds is 6. The lowest BCUT2D eigenvalue weighted by Gasteiger charge is -2.10. The summed E-state index contributed by atoms with van der Waals surface area (Å²) in [5, 5.41) is 4.73. The number of hydrogen-bond donors (Lipinski definition) is 1. The average molecular weight is 406 g/mol. The summed E-state index contributed by atoms with van der Waals surface area (Å²) in [6.07, 6.45) is 1.50. The highest BCUT2D eigenvalue weighted by Gasteiger charge is 2.08. The van der Waals surface area contributed by atoms with Crippen molar-refractivity contribution >= 4 is 40.0 Å². The molecule has 0 bridgehead atoms. The fraction of sp³-hybridized carbons (Fsp3) is 0.0455. The highest BCUT2D eigenvalue weighted by molar-refractivity contribution is 6.30. The van der Waals surface area contributed by atoms with E-state index in [0.717, 1.165) is 16.6 Å². The van der Waals surface area contributed by atoms with Crippen LogP contribution in [0.2, 0.25) is 5.02 Å². The van der Waals surface area contributed by atoms with Crippen molar-refractivity contribution < 1.29 is 14.3 Å². The SMILES string of the molecule is O=C(COc1ccc(Cl)cc1)Oc1cccc(Nc2ncnc3ccccc23)c1. The molecule has 4 rings (SSSR count). The first-order valence-corrected chi connectivity index (χ1v) is 9.21. The number of anilines is 2. The van der Waals surface area contributed by atoms with E-state index in [9.17, 15) is 4.79 Å². The zero-order valence-electron chi connectivity index (χ0n) is 15.2. The Kier molecular flexibility index (Phi) is 5.54. The van der Waals surface area contributed by atoms with Crippen molar-refractivity contribution in [2.24, 2.45) is 0 Å². The molecule has 0 aliphatic carbocycles. The molecule has 29 heavy (non-hydrogen) atoms. The Hall–Kier alpha value is -3.64. The Labute approximate surface area is 172 Å². The molecule has 0 radical (unpaired) electrons. The molecule has 6 nitrogen and oxygen atoms in total. The molecule has 0 atom stereocenters. The third-order valence-electron chi connectivity index (χ3n) is 4.04. The van der Waals surface area contributed by atoms with Gasteiger partial charge in [0.2, 0.25) is 0 Å². The fourth-order valence-corrected chi connectivity index (χ4v) is 2.84. The highest BCUT2D eigenvalue weighted by Crippen LogP contribution is 2.25. The molecule has 0 aliphatic rings. The lowest BCUT2D eigenvalue weighted by atomic mass is 10.2. The summed E-state index contributed by atoms with van der Waals surface area (Å²) in [4.78, 5) is 20.6. The first kappa shape index (κ1) is 18.7. The Morgan fingerprint density at radius 3 is 2.62 bits per heavy atom. The number of para-hydroxylation sites is 1. The van der Waals surface area contributed by atoms with Crippen LogP contribution in [-0.2, 0) is 4.79 Å². The van der Waals surface area contributed by atoms with Gasteiger partial charge in [-0.2, -0.15) is 0 Å². The van der Waals surface area contributed by atoms with E-state index >= 15 is 0 Å². The number of benzene rings is 3. The largest absolute Gasteiger partial charge is 0.482 e. The number of carbonyl (C=O) groups is 1. The van der Waals surface area contributed by atoms with Crippen LogP contribution in [0.4, 0.5) is 11.5 Å². The van der Waals surface area contributed by atoms with Crippen molar-refractivity contribution in [3.05, 3.63) is 84.1 Å². The summed E-state index contributed by atoms with van der Waals surface area (Å²) in [6, 6.07) is 21.5. The van der Waals surface area contributed by atoms with Gasteiger partial charge in [-0.15, -0.1) is 0 Å². The Bertz CT molecular complexity index is 1140. The maximum absolute atomic E-state index is 12.1. The zero-order chi connectivity index (χ0) is 20.1. The molecule has 1 heterocycles. The molecule has 0 spiro atoms. The third kappa shape index (κ3) is 4.80. The van der Waals surface area contributed by atoms with E-state index in [2.05, 4.69) is 15.3 Å². The third-order valence-corrected chi connectivity index (χ3v) is 4.29. The van der Waals surface area contributed by atoms with E-state index in [1.54, 1.807) is 42.5 Å². The van der Waals surface area contributed by atoms with Gasteiger partial charge in [0, 0.05) is 22.2 Å². The van der Waals surface area contributed by atoms with Crippen molar-refractivity contribution in [1.82, 2.24) is 9.97 Å². The van der Waals surface area contributed by atoms with Crippen LogP contribution in [0.3, 0.4) is 0 Å². The molecule has 7 heteroatoms. The second-order valence-electron chi connectivity index (χ2n) is 6.11. The van der Waals surface area contributed by atoms with Crippen LogP contribution >= 0.6 is 11.6 Å². The van der Waals surface area contributed by atoms with Gasteiger partial charge in [-0.1, -0.05) is 29.8 Å². The molecule has 0 unspecified atom stereocenters. The van der Waals surface area contributed by atoms with Crippen LogP contribution in [0.5, 0.6) is 11.5 Å². The minimum Gasteiger partial charge on any atom is -0.482 e. The van der Waals surface area contributed by atoms with Gasteiger partial charge in [-0.3, -0.25) is 0 Å². The molecule has 3 aromatic carbocycles. The van der Waals surface area contributed by atoms with Crippen LogP contribution < -0.4 is 14.8 Å². The van der Waals surface area contributed by atoms with Gasteiger partial charge >= 0.3 is 5.97 Å². The predicted molar refractivity (Wildman–Crippen MR) is 112 cm³/mol. The number of fused-ring (bicyclic) bond motifs is 1. The summed E-state index contributed by atoms with van der Waals surface area (Å²) < 4.78 is 10.8. The normalized spacial score (nSPS) is 10.5. The summed E-state index contributed by atoms with van der Waals surface area (Å²) in [5.41, 5.74) is 1.57. The van der Waals surface area contributed by atoms with E-state index < -0.39 is 5.97 Å². The van der Waals surface area contributed by atoms with Gasteiger partial charge in [-0.25, -0.2) is 14.8 Å². The maximum Gasteiger partial charge on any atom is 0.349 e. The number of halogens is 1. The lowest BCUT2D eigenvalue weighted by Crippen LogP contribution is -2.17. The Balaban J connectivity index is 1.41. The van der Waals surface area contributed by atoms with Gasteiger partial charge in [0.1, 0.15) is 23.6 Å². The van der Waals surface area contributed by atoms with Gasteiger partial charge in [0.15, 0.2) is 6.61 Å². The van der Waals surface area contributed by atoms with Gasteiger partial charge in [0.25, 0.3) is 0 Å². The lowest BCUT2D eigenvalue weighted by molar-refractivity contribution is -0.136. The first-order valence-electron chi connectivity index (χ1n) is 8.83. The Morgan fingerprint density at radius 1 is 0.931 bits per heavy atom. The summed E-state index contributed by atoms with van der Waals surface area (Å²) in [6.45, 7) is -0.212. The van der Waals surface area contributed by atoms with Crippen molar-refractivity contribution in [1.29, 1.82) is 0 Å². The van der Waals surface area contributed by atoms with E-state index in [-0.39, 0.29) is 6.61 Å². The van der Waals surface area contributed by atoms with E-state index in [4.69, 9.17) is 21.1 Å². The van der Waals surface area contributed by atoms with Gasteiger partial charge < -0.3 is 14.8 Å². The summed E-state index contributed by atoms with van der Waals surface area (Å²) in [7, 11) is 0. The molecule has 0 saturated heterocycles. The van der Waals surface area contributed by atoms with Crippen molar-refractivity contribution in [2.75, 3.05) is 11.9 Å².